The smallest absolute Gasteiger partial charge is 0.246 e. The topological polar surface area (TPSA) is 23.6 Å². The zero-order valence-corrected chi connectivity index (χ0v) is 13.9. The van der Waals surface area contributed by atoms with Crippen LogP contribution in [0.2, 0.25) is 5.02 Å². The molecule has 5 heteroatoms. The summed E-state index contributed by atoms with van der Waals surface area (Å²) in [5, 5.41) is 2.77. The number of halogens is 1. The number of rotatable bonds is 2. The number of amides is 1. The van der Waals surface area contributed by atoms with Crippen molar-refractivity contribution in [2.24, 2.45) is 0 Å². The van der Waals surface area contributed by atoms with Crippen LogP contribution in [-0.2, 0) is 4.79 Å². The molecule has 0 unspecified atom stereocenters. The summed E-state index contributed by atoms with van der Waals surface area (Å²) in [7, 11) is 0. The van der Waals surface area contributed by atoms with Gasteiger partial charge in [0.2, 0.25) is 5.91 Å². The maximum absolute atomic E-state index is 13.0. The van der Waals surface area contributed by atoms with Crippen LogP contribution in [0.5, 0.6) is 0 Å². The average Bonchev–Trinajstić information content (AvgIpc) is 3.17. The van der Waals surface area contributed by atoms with Gasteiger partial charge in [-0.15, -0.1) is 11.3 Å². The highest BCUT2D eigenvalue weighted by molar-refractivity contribution is 7.10. The van der Waals surface area contributed by atoms with Crippen LogP contribution in [0.25, 0.3) is 0 Å². The zero-order chi connectivity index (χ0) is 15.3. The van der Waals surface area contributed by atoms with Gasteiger partial charge in [-0.05, 0) is 55.0 Å². The third kappa shape index (κ3) is 2.09. The van der Waals surface area contributed by atoms with Crippen molar-refractivity contribution in [3.63, 3.8) is 0 Å². The molecular formula is C17H17ClN2OS. The molecule has 0 saturated carbocycles. The maximum Gasteiger partial charge on any atom is 0.246 e. The fourth-order valence-electron chi connectivity index (χ4n) is 3.59. The van der Waals surface area contributed by atoms with E-state index in [9.17, 15) is 4.79 Å². The highest BCUT2D eigenvalue weighted by Crippen LogP contribution is 2.44. The summed E-state index contributed by atoms with van der Waals surface area (Å²) >= 11 is 7.88. The largest absolute Gasteiger partial charge is 0.290 e. The SMILES string of the molecule is Cc1ccsc1[C@H]1N(c2cccc(Cl)c2)C(=O)[C@@H]2CCCN21. The zero-order valence-electron chi connectivity index (χ0n) is 12.3. The summed E-state index contributed by atoms with van der Waals surface area (Å²) in [4.78, 5) is 18.5. The first kappa shape index (κ1) is 14.2. The molecule has 22 heavy (non-hydrogen) atoms. The van der Waals surface area contributed by atoms with Gasteiger partial charge < -0.3 is 0 Å². The van der Waals surface area contributed by atoms with E-state index in [0.29, 0.717) is 5.02 Å². The van der Waals surface area contributed by atoms with Gasteiger partial charge in [-0.1, -0.05) is 17.7 Å². The molecule has 2 fully saturated rings. The summed E-state index contributed by atoms with van der Waals surface area (Å²) in [6, 6.07) is 9.76. The number of aryl methyl sites for hydroxylation is 1. The lowest BCUT2D eigenvalue weighted by molar-refractivity contribution is -0.119. The van der Waals surface area contributed by atoms with Gasteiger partial charge in [-0.25, -0.2) is 0 Å². The third-order valence-corrected chi connectivity index (χ3v) is 5.89. The summed E-state index contributed by atoms with van der Waals surface area (Å²) in [6.45, 7) is 3.10. The Hall–Kier alpha value is -1.36. The van der Waals surface area contributed by atoms with Crippen molar-refractivity contribution in [2.75, 3.05) is 11.4 Å². The Morgan fingerprint density at radius 3 is 2.91 bits per heavy atom. The van der Waals surface area contributed by atoms with E-state index in [4.69, 9.17) is 11.6 Å². The lowest BCUT2D eigenvalue weighted by Crippen LogP contribution is -2.32. The van der Waals surface area contributed by atoms with Crippen LogP contribution in [0.1, 0.15) is 29.4 Å². The number of hydrogen-bond donors (Lipinski definition) is 0. The highest BCUT2D eigenvalue weighted by atomic mass is 35.5. The molecule has 4 rings (SSSR count). The molecule has 0 spiro atoms. The summed E-state index contributed by atoms with van der Waals surface area (Å²) in [5.41, 5.74) is 2.15. The lowest BCUT2D eigenvalue weighted by atomic mass is 10.2. The van der Waals surface area contributed by atoms with E-state index in [0.717, 1.165) is 25.1 Å². The van der Waals surface area contributed by atoms with Crippen LogP contribution in [0.15, 0.2) is 35.7 Å². The number of anilines is 1. The molecule has 2 aliphatic heterocycles. The van der Waals surface area contributed by atoms with Crippen molar-refractivity contribution in [2.45, 2.75) is 32.0 Å². The molecular weight excluding hydrogens is 316 g/mol. The second-order valence-electron chi connectivity index (χ2n) is 5.93. The first-order valence-electron chi connectivity index (χ1n) is 7.55. The highest BCUT2D eigenvalue weighted by Gasteiger charge is 2.50. The number of carbonyl (C=O) groups excluding carboxylic acids is 1. The second kappa shape index (κ2) is 5.37. The van der Waals surface area contributed by atoms with Gasteiger partial charge in [0.1, 0.15) is 6.17 Å². The number of hydrogen-bond acceptors (Lipinski definition) is 3. The van der Waals surface area contributed by atoms with Gasteiger partial charge in [0.15, 0.2) is 0 Å². The molecule has 2 atom stereocenters. The van der Waals surface area contributed by atoms with E-state index < -0.39 is 0 Å². The molecule has 1 aromatic heterocycles. The molecule has 114 valence electrons. The average molecular weight is 333 g/mol. The monoisotopic (exact) mass is 332 g/mol. The first-order valence-corrected chi connectivity index (χ1v) is 8.81. The number of nitrogens with zero attached hydrogens (tertiary/aromatic N) is 2. The van der Waals surface area contributed by atoms with Gasteiger partial charge in [0.25, 0.3) is 0 Å². The van der Waals surface area contributed by atoms with Gasteiger partial charge in [0.05, 0.1) is 6.04 Å². The normalized spacial score (nSPS) is 25.0. The van der Waals surface area contributed by atoms with E-state index in [1.165, 1.54) is 10.4 Å². The van der Waals surface area contributed by atoms with Crippen LogP contribution in [0.3, 0.4) is 0 Å². The van der Waals surface area contributed by atoms with Crippen molar-refractivity contribution in [1.29, 1.82) is 0 Å². The molecule has 2 saturated heterocycles. The standard InChI is InChI=1S/C17H17ClN2OS/c1-11-7-9-22-15(11)16-19-8-3-6-14(19)17(21)20(16)13-5-2-4-12(18)10-13/h2,4-5,7,9-10,14,16H,3,6,8H2,1H3/t14-,16+/m0/s1. The van der Waals surface area contributed by atoms with Crippen molar-refractivity contribution < 1.29 is 4.79 Å². The van der Waals surface area contributed by atoms with Crippen LogP contribution in [-0.4, -0.2) is 23.4 Å². The number of carbonyl (C=O) groups is 1. The van der Waals surface area contributed by atoms with Crippen LogP contribution >= 0.6 is 22.9 Å². The van der Waals surface area contributed by atoms with E-state index >= 15 is 0 Å². The molecule has 2 aromatic rings. The Morgan fingerprint density at radius 2 is 2.18 bits per heavy atom. The molecule has 1 amide bonds. The van der Waals surface area contributed by atoms with Crippen molar-refractivity contribution in [1.82, 2.24) is 4.90 Å². The lowest BCUT2D eigenvalue weighted by Gasteiger charge is -2.29. The Bertz CT molecular complexity index is 729. The third-order valence-electron chi connectivity index (χ3n) is 4.60. The Labute approximate surface area is 139 Å². The van der Waals surface area contributed by atoms with Crippen molar-refractivity contribution >= 4 is 34.5 Å². The Balaban J connectivity index is 1.84. The minimum Gasteiger partial charge on any atom is -0.290 e. The fourth-order valence-corrected chi connectivity index (χ4v) is 4.81. The predicted molar refractivity (Wildman–Crippen MR) is 90.5 cm³/mol. The van der Waals surface area contributed by atoms with E-state index in [1.807, 2.05) is 29.2 Å². The van der Waals surface area contributed by atoms with Gasteiger partial charge >= 0.3 is 0 Å². The summed E-state index contributed by atoms with van der Waals surface area (Å²) < 4.78 is 0. The van der Waals surface area contributed by atoms with Gasteiger partial charge in [-0.3, -0.25) is 14.6 Å². The number of fused-ring (bicyclic) bond motifs is 1. The van der Waals surface area contributed by atoms with Gasteiger partial charge in [0, 0.05) is 22.1 Å². The van der Waals surface area contributed by atoms with E-state index in [2.05, 4.69) is 23.3 Å². The van der Waals surface area contributed by atoms with Crippen LogP contribution in [0.4, 0.5) is 5.69 Å². The van der Waals surface area contributed by atoms with E-state index in [1.54, 1.807) is 11.3 Å². The molecule has 0 N–H and O–H groups in total. The molecule has 3 nitrogen and oxygen atoms in total. The van der Waals surface area contributed by atoms with Crippen LogP contribution < -0.4 is 4.90 Å². The van der Waals surface area contributed by atoms with Crippen molar-refractivity contribution in [3.05, 3.63) is 51.2 Å². The molecule has 3 heterocycles. The predicted octanol–water partition coefficient (Wildman–Crippen LogP) is 4.22. The second-order valence-corrected chi connectivity index (χ2v) is 7.31. The molecule has 0 radical (unpaired) electrons. The number of thiophene rings is 1. The van der Waals surface area contributed by atoms with E-state index in [-0.39, 0.29) is 18.1 Å². The quantitative estimate of drug-likeness (QED) is 0.822. The first-order chi connectivity index (χ1) is 10.7. The maximum atomic E-state index is 13.0. The minimum atomic E-state index is 0.0125. The minimum absolute atomic E-state index is 0.0125. The van der Waals surface area contributed by atoms with Crippen LogP contribution in [0, 0.1) is 6.92 Å². The fraction of sp³-hybridized carbons (Fsp3) is 0.353. The Kier molecular flexibility index (Phi) is 3.48. The van der Waals surface area contributed by atoms with Gasteiger partial charge in [-0.2, -0.15) is 0 Å². The number of benzene rings is 1. The Morgan fingerprint density at radius 1 is 1.32 bits per heavy atom. The van der Waals surface area contributed by atoms with Crippen molar-refractivity contribution in [3.8, 4) is 0 Å². The molecule has 0 aliphatic carbocycles. The molecule has 2 aliphatic rings. The summed E-state index contributed by atoms with van der Waals surface area (Å²) in [6.07, 6.45) is 2.07. The summed E-state index contributed by atoms with van der Waals surface area (Å²) in [5.74, 6) is 0.206. The molecule has 1 aromatic carbocycles. The molecule has 0 bridgehead atoms.